The maximum atomic E-state index is 12.7. The van der Waals surface area contributed by atoms with Crippen LogP contribution in [0.3, 0.4) is 0 Å². The van der Waals surface area contributed by atoms with Gasteiger partial charge < -0.3 is 20.2 Å². The lowest BCUT2D eigenvalue weighted by Gasteiger charge is -2.24. The molecule has 0 saturated heterocycles. The predicted molar refractivity (Wildman–Crippen MR) is 111 cm³/mol. The van der Waals surface area contributed by atoms with Gasteiger partial charge in [0.2, 0.25) is 0 Å². The Morgan fingerprint density at radius 3 is 2.14 bits per heavy atom. The molecule has 0 bridgehead atoms. The molecule has 0 spiro atoms. The molecule has 2 aromatic rings. The van der Waals surface area contributed by atoms with Gasteiger partial charge in [-0.2, -0.15) is 0 Å². The van der Waals surface area contributed by atoms with Gasteiger partial charge in [-0.15, -0.1) is 0 Å². The van der Waals surface area contributed by atoms with E-state index < -0.39 is 11.5 Å². The van der Waals surface area contributed by atoms with Crippen LogP contribution >= 0.6 is 0 Å². The van der Waals surface area contributed by atoms with Crippen LogP contribution in [0.25, 0.3) is 0 Å². The lowest BCUT2D eigenvalue weighted by atomic mass is 9.81. The molecule has 154 valence electrons. The Labute approximate surface area is 165 Å². The monoisotopic (exact) mass is 388 g/mol. The van der Waals surface area contributed by atoms with Crippen LogP contribution in [0.4, 0.5) is 0 Å². The van der Waals surface area contributed by atoms with E-state index in [0.717, 1.165) is 25.3 Å². The molecule has 0 aliphatic heterocycles. The van der Waals surface area contributed by atoms with E-state index in [-0.39, 0.29) is 28.5 Å². The Morgan fingerprint density at radius 2 is 1.57 bits per heavy atom. The number of hydrogen-bond donors (Lipinski definition) is 4. The normalized spacial score (nSPS) is 13.6. The third kappa shape index (κ3) is 5.27. The van der Waals surface area contributed by atoms with Crippen LogP contribution in [-0.4, -0.2) is 20.2 Å². The van der Waals surface area contributed by atoms with Crippen molar-refractivity contribution in [3.63, 3.8) is 0 Å². The van der Waals surface area contributed by atoms with Crippen LogP contribution in [0.5, 0.6) is 11.5 Å². The van der Waals surface area contributed by atoms with Gasteiger partial charge >= 0.3 is 0 Å². The second-order valence-corrected chi connectivity index (χ2v) is 8.36. The van der Waals surface area contributed by atoms with Crippen molar-refractivity contribution in [1.29, 1.82) is 0 Å². The van der Waals surface area contributed by atoms with E-state index in [2.05, 4.69) is 30.7 Å². The minimum atomic E-state index is -0.518. The molecule has 0 radical (unpaired) electrons. The Morgan fingerprint density at radius 1 is 0.929 bits per heavy atom. The predicted octanol–water partition coefficient (Wildman–Crippen LogP) is 4.08. The third-order valence-corrected chi connectivity index (χ3v) is 5.26. The number of H-pyrrole nitrogens is 2. The summed E-state index contributed by atoms with van der Waals surface area (Å²) < 4.78 is 0. The first-order valence-corrected chi connectivity index (χ1v) is 9.95. The molecule has 6 heteroatoms. The zero-order valence-electron chi connectivity index (χ0n) is 17.4. The molecule has 2 rings (SSSR count). The van der Waals surface area contributed by atoms with Crippen LogP contribution in [0.15, 0.2) is 21.7 Å². The summed E-state index contributed by atoms with van der Waals surface area (Å²) in [5, 5.41) is 21.0. The SMILES string of the molecule is Cc1cc(O)c(C(CC(C)CCCC(C)C)c2c(O)cc(=O)[nH]c2C)c(=O)[nH]1. The minimum Gasteiger partial charge on any atom is -0.507 e. The van der Waals surface area contributed by atoms with Crippen molar-refractivity contribution in [3.05, 3.63) is 55.4 Å². The summed E-state index contributed by atoms with van der Waals surface area (Å²) in [5.41, 5.74) is 1.01. The fourth-order valence-electron chi connectivity index (χ4n) is 3.92. The van der Waals surface area contributed by atoms with Gasteiger partial charge in [-0.3, -0.25) is 9.59 Å². The summed E-state index contributed by atoms with van der Waals surface area (Å²) >= 11 is 0. The summed E-state index contributed by atoms with van der Waals surface area (Å²) in [6.45, 7) is 9.91. The van der Waals surface area contributed by atoms with E-state index in [1.807, 2.05) is 0 Å². The van der Waals surface area contributed by atoms with E-state index in [4.69, 9.17) is 0 Å². The van der Waals surface area contributed by atoms with Crippen molar-refractivity contribution in [1.82, 2.24) is 9.97 Å². The standard InChI is InChI=1S/C22H32N2O4/c1-12(2)7-6-8-13(3)9-16(20-15(5)24-19(27)11-18(20)26)21-17(25)10-14(4)23-22(21)28/h10-13,16H,6-9H2,1-5H3,(H2,23,25,28)(H2,24,26,27). The van der Waals surface area contributed by atoms with Gasteiger partial charge in [-0.25, -0.2) is 0 Å². The molecule has 0 fully saturated rings. The van der Waals surface area contributed by atoms with Crippen molar-refractivity contribution >= 4 is 0 Å². The summed E-state index contributed by atoms with van der Waals surface area (Å²) in [7, 11) is 0. The largest absolute Gasteiger partial charge is 0.507 e. The highest BCUT2D eigenvalue weighted by Gasteiger charge is 2.28. The van der Waals surface area contributed by atoms with Crippen molar-refractivity contribution < 1.29 is 10.2 Å². The van der Waals surface area contributed by atoms with Gasteiger partial charge in [0, 0.05) is 28.9 Å². The second kappa shape index (κ2) is 9.13. The number of aromatic hydroxyl groups is 2. The number of hydrogen-bond acceptors (Lipinski definition) is 4. The van der Waals surface area contributed by atoms with E-state index in [9.17, 15) is 19.8 Å². The summed E-state index contributed by atoms with van der Waals surface area (Å²) in [6.07, 6.45) is 3.79. The Balaban J connectivity index is 2.49. The van der Waals surface area contributed by atoms with Crippen molar-refractivity contribution in [2.75, 3.05) is 0 Å². The molecule has 2 atom stereocenters. The van der Waals surface area contributed by atoms with E-state index >= 15 is 0 Å². The fourth-order valence-corrected chi connectivity index (χ4v) is 3.92. The Bertz CT molecular complexity index is 901. The molecule has 0 amide bonds. The highest BCUT2D eigenvalue weighted by Crippen LogP contribution is 2.39. The molecule has 0 aliphatic rings. The average Bonchev–Trinajstić information content (AvgIpc) is 2.52. The molecule has 2 heterocycles. The maximum absolute atomic E-state index is 12.7. The number of aromatic amines is 2. The molecule has 0 aliphatic carbocycles. The third-order valence-electron chi connectivity index (χ3n) is 5.26. The first-order valence-electron chi connectivity index (χ1n) is 9.95. The van der Waals surface area contributed by atoms with Gasteiger partial charge in [0.05, 0.1) is 5.56 Å². The number of aromatic nitrogens is 2. The second-order valence-electron chi connectivity index (χ2n) is 8.36. The fraction of sp³-hybridized carbons (Fsp3) is 0.545. The van der Waals surface area contributed by atoms with Crippen LogP contribution in [-0.2, 0) is 0 Å². The number of pyridine rings is 2. The van der Waals surface area contributed by atoms with E-state index in [1.54, 1.807) is 13.8 Å². The molecule has 2 aromatic heterocycles. The van der Waals surface area contributed by atoms with Crippen LogP contribution in [0.1, 0.15) is 74.9 Å². The molecule has 4 N–H and O–H groups in total. The van der Waals surface area contributed by atoms with E-state index in [1.165, 1.54) is 6.07 Å². The lowest BCUT2D eigenvalue weighted by molar-refractivity contribution is 0.400. The molecular formula is C22H32N2O4. The van der Waals surface area contributed by atoms with Crippen molar-refractivity contribution in [3.8, 4) is 11.5 Å². The Kier molecular flexibility index (Phi) is 7.11. The quantitative estimate of drug-likeness (QED) is 0.547. The Hall–Kier alpha value is -2.50. The van der Waals surface area contributed by atoms with Crippen LogP contribution < -0.4 is 11.1 Å². The molecular weight excluding hydrogens is 356 g/mol. The minimum absolute atomic E-state index is 0.0920. The molecule has 28 heavy (non-hydrogen) atoms. The molecule has 6 nitrogen and oxygen atoms in total. The lowest BCUT2D eigenvalue weighted by Crippen LogP contribution is -2.22. The molecule has 0 aromatic carbocycles. The van der Waals surface area contributed by atoms with Gasteiger partial charge in [-0.1, -0.05) is 40.0 Å². The zero-order chi connectivity index (χ0) is 21.0. The maximum Gasteiger partial charge on any atom is 0.255 e. The first-order chi connectivity index (χ1) is 13.1. The van der Waals surface area contributed by atoms with E-state index in [0.29, 0.717) is 29.3 Å². The highest BCUT2D eigenvalue weighted by atomic mass is 16.3. The van der Waals surface area contributed by atoms with Crippen LogP contribution in [0.2, 0.25) is 0 Å². The van der Waals surface area contributed by atoms with Gasteiger partial charge in [0.1, 0.15) is 11.5 Å². The number of nitrogens with one attached hydrogen (secondary N) is 2. The topological polar surface area (TPSA) is 106 Å². The molecule has 0 saturated carbocycles. The smallest absolute Gasteiger partial charge is 0.255 e. The van der Waals surface area contributed by atoms with Gasteiger partial charge in [0.25, 0.3) is 11.1 Å². The number of rotatable bonds is 8. The van der Waals surface area contributed by atoms with Gasteiger partial charge in [0.15, 0.2) is 0 Å². The summed E-state index contributed by atoms with van der Waals surface area (Å²) in [5.74, 6) is 0.146. The van der Waals surface area contributed by atoms with Gasteiger partial charge in [-0.05, 0) is 38.2 Å². The number of aryl methyl sites for hydroxylation is 2. The van der Waals surface area contributed by atoms with Crippen molar-refractivity contribution in [2.24, 2.45) is 11.8 Å². The van der Waals surface area contributed by atoms with Crippen LogP contribution in [0, 0.1) is 25.7 Å². The van der Waals surface area contributed by atoms with Crippen molar-refractivity contribution in [2.45, 2.75) is 66.2 Å². The summed E-state index contributed by atoms with van der Waals surface area (Å²) in [4.78, 5) is 29.8. The zero-order valence-corrected chi connectivity index (χ0v) is 17.4. The highest BCUT2D eigenvalue weighted by molar-refractivity contribution is 5.47. The summed E-state index contributed by atoms with van der Waals surface area (Å²) in [6, 6.07) is 2.64. The average molecular weight is 389 g/mol. The first kappa shape index (κ1) is 21.8. The molecule has 2 unspecified atom stereocenters.